The van der Waals surface area contributed by atoms with Gasteiger partial charge in [0.05, 0.1) is 0 Å². The average Bonchev–Trinajstić information content (AvgIpc) is 2.77. The summed E-state index contributed by atoms with van der Waals surface area (Å²) in [6.45, 7) is 0. The van der Waals surface area contributed by atoms with Gasteiger partial charge in [-0.3, -0.25) is 7.32 Å². The zero-order valence-corrected chi connectivity index (χ0v) is 28.6. The van der Waals surface area contributed by atoms with Crippen LogP contribution in [0.5, 0.6) is 11.5 Å². The van der Waals surface area contributed by atoms with Gasteiger partial charge < -0.3 is 25.3 Å². The molecule has 0 fully saturated rings. The van der Waals surface area contributed by atoms with Crippen LogP contribution in [0.15, 0.2) is 121 Å². The molecule has 5 nitrogen and oxygen atoms in total. The SMILES string of the molecule is Oc1ccccc1.Oc1ccccc1.[K+].[K+].[K+].[O-]B([O-])[O-].c1ccc(-c2ccccc2)cc1. The zero-order valence-electron chi connectivity index (χ0n) is 19.2. The number of hydrogen-bond acceptors (Lipinski definition) is 5. The average molecular weight is 519 g/mol. The molecule has 0 aliphatic carbocycles. The summed E-state index contributed by atoms with van der Waals surface area (Å²) in [5.74, 6) is 0.644. The van der Waals surface area contributed by atoms with Crippen molar-refractivity contribution in [3.05, 3.63) is 121 Å². The Morgan fingerprint density at radius 3 is 0.727 bits per heavy atom. The third-order valence-corrected chi connectivity index (χ3v) is 3.39. The van der Waals surface area contributed by atoms with Crippen LogP contribution >= 0.6 is 0 Å². The quantitative estimate of drug-likeness (QED) is 0.244. The number of hydrogen-bond donors (Lipinski definition) is 2. The van der Waals surface area contributed by atoms with Crippen molar-refractivity contribution in [3.63, 3.8) is 0 Å². The minimum absolute atomic E-state index is 0. The molecule has 33 heavy (non-hydrogen) atoms. The molecular formula is C24H22BK3O5. The van der Waals surface area contributed by atoms with Gasteiger partial charge in [0, 0.05) is 0 Å². The summed E-state index contributed by atoms with van der Waals surface area (Å²) in [7, 11) is -2.92. The molecule has 2 N–H and O–H groups in total. The molecule has 0 aliphatic heterocycles. The summed E-state index contributed by atoms with van der Waals surface area (Å²) in [5.41, 5.74) is 2.55. The van der Waals surface area contributed by atoms with Gasteiger partial charge in [0.1, 0.15) is 11.5 Å². The summed E-state index contributed by atoms with van der Waals surface area (Å²) < 4.78 is 0. The molecule has 0 aromatic heterocycles. The second-order valence-electron chi connectivity index (χ2n) is 5.69. The minimum atomic E-state index is -2.92. The molecule has 154 valence electrons. The van der Waals surface area contributed by atoms with Crippen LogP contribution < -0.4 is 169 Å². The van der Waals surface area contributed by atoms with E-state index < -0.39 is 7.32 Å². The Morgan fingerprint density at radius 1 is 0.394 bits per heavy atom. The van der Waals surface area contributed by atoms with Gasteiger partial charge in [0.2, 0.25) is 0 Å². The molecule has 0 spiro atoms. The van der Waals surface area contributed by atoms with Crippen molar-refractivity contribution in [1.82, 2.24) is 0 Å². The molecule has 0 atom stereocenters. The Bertz CT molecular complexity index is 826. The third-order valence-electron chi connectivity index (χ3n) is 3.39. The van der Waals surface area contributed by atoms with Crippen LogP contribution in [0, 0.1) is 0 Å². The number of aromatic hydroxyl groups is 2. The Labute approximate surface area is 323 Å². The standard InChI is InChI=1S/C12H10.2C6H6O.BO3.3K/c1-3-7-11(8-4-1)12-9-5-2-6-10-12;2*7-6-4-2-1-3-5-6;2-1(3)4;;;/h1-10H;2*1-5,7H;;;;/q;;;-3;3*+1. The fourth-order valence-corrected chi connectivity index (χ4v) is 2.12. The molecule has 0 heterocycles. The first-order valence-electron chi connectivity index (χ1n) is 9.05. The summed E-state index contributed by atoms with van der Waals surface area (Å²) >= 11 is 0. The Balaban J connectivity index is -0.000000378. The van der Waals surface area contributed by atoms with Gasteiger partial charge in [-0.15, -0.1) is 0 Å². The summed E-state index contributed by atoms with van der Waals surface area (Å²) in [4.78, 5) is 0. The molecule has 4 aromatic rings. The molecule has 0 saturated carbocycles. The predicted molar refractivity (Wildman–Crippen MR) is 114 cm³/mol. The second kappa shape index (κ2) is 26.4. The monoisotopic (exact) mass is 518 g/mol. The van der Waals surface area contributed by atoms with Crippen molar-refractivity contribution in [2.45, 2.75) is 0 Å². The fourth-order valence-electron chi connectivity index (χ4n) is 2.12. The van der Waals surface area contributed by atoms with Gasteiger partial charge in [0.25, 0.3) is 0 Å². The molecule has 0 saturated heterocycles. The van der Waals surface area contributed by atoms with Gasteiger partial charge in [-0.05, 0) is 35.4 Å². The van der Waals surface area contributed by atoms with Crippen LogP contribution in [0.4, 0.5) is 0 Å². The normalized spacial score (nSPS) is 7.97. The maximum atomic E-state index is 8.63. The summed E-state index contributed by atoms with van der Waals surface area (Å²) in [6, 6.07) is 38.2. The van der Waals surface area contributed by atoms with Gasteiger partial charge in [-0.2, -0.15) is 0 Å². The fraction of sp³-hybridized carbons (Fsp3) is 0. The van der Waals surface area contributed by atoms with E-state index in [-0.39, 0.29) is 154 Å². The maximum Gasteiger partial charge on any atom is 1.00 e. The smallest absolute Gasteiger partial charge is 0.907 e. The van der Waals surface area contributed by atoms with Crippen LogP contribution in [-0.4, -0.2) is 17.5 Å². The molecule has 0 unspecified atom stereocenters. The first-order valence-corrected chi connectivity index (χ1v) is 9.05. The largest absolute Gasteiger partial charge is 1.00 e. The van der Waals surface area contributed by atoms with Gasteiger partial charge >= 0.3 is 154 Å². The van der Waals surface area contributed by atoms with Gasteiger partial charge in [-0.25, -0.2) is 0 Å². The first kappa shape index (κ1) is 38.9. The van der Waals surface area contributed by atoms with E-state index >= 15 is 0 Å². The molecule has 9 heteroatoms. The number of benzene rings is 4. The van der Waals surface area contributed by atoms with Crippen molar-refractivity contribution in [2.75, 3.05) is 0 Å². The molecule has 0 radical (unpaired) electrons. The number of rotatable bonds is 1. The first-order chi connectivity index (χ1) is 14.5. The van der Waals surface area contributed by atoms with Crippen molar-refractivity contribution in [3.8, 4) is 22.6 Å². The van der Waals surface area contributed by atoms with E-state index in [1.807, 2.05) is 24.3 Å². The van der Waals surface area contributed by atoms with Crippen LogP contribution in [0.2, 0.25) is 0 Å². The molecule has 0 aliphatic rings. The van der Waals surface area contributed by atoms with E-state index in [0.717, 1.165) is 0 Å². The Kier molecular flexibility index (Phi) is 31.1. The van der Waals surface area contributed by atoms with Crippen molar-refractivity contribution >= 4 is 7.32 Å². The maximum absolute atomic E-state index is 8.63. The van der Waals surface area contributed by atoms with E-state index in [1.165, 1.54) is 11.1 Å². The Morgan fingerprint density at radius 2 is 0.576 bits per heavy atom. The molecule has 0 bridgehead atoms. The van der Waals surface area contributed by atoms with Crippen LogP contribution in [0.1, 0.15) is 0 Å². The van der Waals surface area contributed by atoms with Crippen molar-refractivity contribution < 1.29 is 179 Å². The van der Waals surface area contributed by atoms with Crippen LogP contribution in [0.3, 0.4) is 0 Å². The molecule has 0 amide bonds. The van der Waals surface area contributed by atoms with E-state index in [0.29, 0.717) is 11.5 Å². The minimum Gasteiger partial charge on any atom is -0.907 e. The summed E-state index contributed by atoms with van der Waals surface area (Å²) in [6.07, 6.45) is 0. The van der Waals surface area contributed by atoms with Crippen LogP contribution in [0.25, 0.3) is 11.1 Å². The van der Waals surface area contributed by atoms with E-state index in [2.05, 4.69) is 48.5 Å². The second-order valence-corrected chi connectivity index (χ2v) is 5.69. The van der Waals surface area contributed by atoms with E-state index in [1.54, 1.807) is 48.5 Å². The van der Waals surface area contributed by atoms with E-state index in [4.69, 9.17) is 25.3 Å². The van der Waals surface area contributed by atoms with Gasteiger partial charge in [0.15, 0.2) is 0 Å². The Hall–Kier alpha value is 1.33. The molecule has 4 aromatic carbocycles. The summed E-state index contributed by atoms with van der Waals surface area (Å²) in [5, 5.41) is 42.5. The molecule has 4 rings (SSSR count). The predicted octanol–water partition coefficient (Wildman–Crippen LogP) is -6.80. The van der Waals surface area contributed by atoms with Crippen molar-refractivity contribution in [1.29, 1.82) is 0 Å². The zero-order chi connectivity index (χ0) is 22.0. The van der Waals surface area contributed by atoms with Crippen LogP contribution in [-0.2, 0) is 0 Å². The molecular weight excluding hydrogens is 496 g/mol. The third kappa shape index (κ3) is 23.5. The number of phenolic OH excluding ortho intramolecular Hbond substituents is 2. The van der Waals surface area contributed by atoms with Crippen molar-refractivity contribution in [2.24, 2.45) is 0 Å². The topological polar surface area (TPSA) is 110 Å². The number of para-hydroxylation sites is 2. The number of phenols is 2. The van der Waals surface area contributed by atoms with E-state index in [9.17, 15) is 0 Å². The van der Waals surface area contributed by atoms with Gasteiger partial charge in [-0.1, -0.05) is 97.1 Å².